The van der Waals surface area contributed by atoms with Crippen molar-refractivity contribution in [3.8, 4) is 5.75 Å². The van der Waals surface area contributed by atoms with Crippen LogP contribution >= 0.6 is 0 Å². The van der Waals surface area contributed by atoms with Crippen molar-refractivity contribution in [3.63, 3.8) is 0 Å². The molecule has 0 bridgehead atoms. The molecule has 5 nitrogen and oxygen atoms in total. The molecule has 1 heterocycles. The largest absolute Gasteiger partial charge is 0.496 e. The Labute approximate surface area is 134 Å². The molecule has 5 heteroatoms. The number of carbonyl (C=O) groups excluding carboxylic acids is 1. The molecule has 3 aromatic rings. The van der Waals surface area contributed by atoms with Gasteiger partial charge in [-0.2, -0.15) is 5.10 Å². The number of ether oxygens (including phenoxy) is 1. The van der Waals surface area contributed by atoms with E-state index in [2.05, 4.69) is 15.5 Å². The number of hydrogen-bond donors (Lipinski definition) is 2. The zero-order chi connectivity index (χ0) is 16.4. The van der Waals surface area contributed by atoms with Gasteiger partial charge in [-0.15, -0.1) is 0 Å². The molecule has 23 heavy (non-hydrogen) atoms. The number of aromatic nitrogens is 2. The normalized spacial score (nSPS) is 12.1. The molecule has 1 aromatic heterocycles. The molecule has 0 saturated carbocycles. The lowest BCUT2D eigenvalue weighted by Gasteiger charge is -2.17. The molecule has 2 N–H and O–H groups in total. The highest BCUT2D eigenvalue weighted by atomic mass is 16.5. The van der Waals surface area contributed by atoms with E-state index in [1.54, 1.807) is 7.11 Å². The van der Waals surface area contributed by atoms with Crippen LogP contribution < -0.4 is 10.1 Å². The standard InChI is InChI=1S/C18H19N3O2/c1-11-8-9-16(23-3)14(10-11)12(2)19-18(22)17-13-6-4-5-7-15(13)20-21-17/h4-10,12H,1-3H3,(H,19,22)(H,20,21)/t12-/m1/s1. The summed E-state index contributed by atoms with van der Waals surface area (Å²) < 4.78 is 5.39. The van der Waals surface area contributed by atoms with Gasteiger partial charge < -0.3 is 10.1 Å². The third-order valence-electron chi connectivity index (χ3n) is 3.88. The number of H-pyrrole nitrogens is 1. The van der Waals surface area contributed by atoms with Gasteiger partial charge in [0.2, 0.25) is 0 Å². The van der Waals surface area contributed by atoms with E-state index < -0.39 is 0 Å². The molecule has 3 rings (SSSR count). The first-order chi connectivity index (χ1) is 11.1. The van der Waals surface area contributed by atoms with Crippen LogP contribution in [0, 0.1) is 6.92 Å². The van der Waals surface area contributed by atoms with Crippen LogP contribution in [0.15, 0.2) is 42.5 Å². The summed E-state index contributed by atoms with van der Waals surface area (Å²) >= 11 is 0. The zero-order valence-electron chi connectivity index (χ0n) is 13.4. The Morgan fingerprint density at radius 3 is 2.83 bits per heavy atom. The highest BCUT2D eigenvalue weighted by Crippen LogP contribution is 2.26. The van der Waals surface area contributed by atoms with E-state index in [1.807, 2.05) is 56.3 Å². The number of hydrogen-bond acceptors (Lipinski definition) is 3. The lowest BCUT2D eigenvalue weighted by Crippen LogP contribution is -2.27. The van der Waals surface area contributed by atoms with Crippen molar-refractivity contribution >= 4 is 16.8 Å². The fraction of sp³-hybridized carbons (Fsp3) is 0.222. The first kappa shape index (κ1) is 15.1. The molecule has 0 fully saturated rings. The lowest BCUT2D eigenvalue weighted by molar-refractivity contribution is 0.0936. The average Bonchev–Trinajstić information content (AvgIpc) is 2.98. The molecule has 0 saturated heterocycles. The Bertz CT molecular complexity index is 854. The van der Waals surface area contributed by atoms with Crippen molar-refractivity contribution in [1.29, 1.82) is 0 Å². The number of amides is 1. The van der Waals surface area contributed by atoms with Crippen molar-refractivity contribution in [2.24, 2.45) is 0 Å². The van der Waals surface area contributed by atoms with Crippen LogP contribution in [0.4, 0.5) is 0 Å². The number of nitrogens with zero attached hydrogens (tertiary/aromatic N) is 1. The lowest BCUT2D eigenvalue weighted by atomic mass is 10.0. The molecule has 0 aliphatic carbocycles. The fourth-order valence-corrected chi connectivity index (χ4v) is 2.67. The second kappa shape index (κ2) is 6.12. The molecule has 0 spiro atoms. The van der Waals surface area contributed by atoms with Gasteiger partial charge in [-0.1, -0.05) is 35.9 Å². The van der Waals surface area contributed by atoms with Crippen molar-refractivity contribution in [2.45, 2.75) is 19.9 Å². The summed E-state index contributed by atoms with van der Waals surface area (Å²) in [6.45, 7) is 3.95. The van der Waals surface area contributed by atoms with Crippen molar-refractivity contribution in [2.75, 3.05) is 7.11 Å². The molecular formula is C18H19N3O2. The maximum Gasteiger partial charge on any atom is 0.272 e. The predicted octanol–water partition coefficient (Wildman–Crippen LogP) is 3.37. The van der Waals surface area contributed by atoms with Gasteiger partial charge in [0.25, 0.3) is 5.91 Å². The molecule has 0 unspecified atom stereocenters. The predicted molar refractivity (Wildman–Crippen MR) is 89.7 cm³/mol. The summed E-state index contributed by atoms with van der Waals surface area (Å²) in [6.07, 6.45) is 0. The van der Waals surface area contributed by atoms with E-state index in [0.717, 1.165) is 27.8 Å². The van der Waals surface area contributed by atoms with Gasteiger partial charge in [0.05, 0.1) is 18.7 Å². The molecule has 0 radical (unpaired) electrons. The molecule has 1 amide bonds. The Morgan fingerprint density at radius 2 is 2.04 bits per heavy atom. The van der Waals surface area contributed by atoms with E-state index in [-0.39, 0.29) is 11.9 Å². The van der Waals surface area contributed by atoms with Crippen molar-refractivity contribution < 1.29 is 9.53 Å². The summed E-state index contributed by atoms with van der Waals surface area (Å²) in [5, 5.41) is 10.8. The number of benzene rings is 2. The summed E-state index contributed by atoms with van der Waals surface area (Å²) in [7, 11) is 1.63. The highest BCUT2D eigenvalue weighted by Gasteiger charge is 2.18. The number of aromatic amines is 1. The Hall–Kier alpha value is -2.82. The van der Waals surface area contributed by atoms with Gasteiger partial charge in [0, 0.05) is 10.9 Å². The molecule has 118 valence electrons. The van der Waals surface area contributed by atoms with Crippen LogP contribution in [-0.2, 0) is 0 Å². The topological polar surface area (TPSA) is 67.0 Å². The first-order valence-electron chi connectivity index (χ1n) is 7.48. The Morgan fingerprint density at radius 1 is 1.26 bits per heavy atom. The molecular weight excluding hydrogens is 290 g/mol. The van der Waals surface area contributed by atoms with Gasteiger partial charge in [-0.3, -0.25) is 9.89 Å². The number of carbonyl (C=O) groups is 1. The average molecular weight is 309 g/mol. The highest BCUT2D eigenvalue weighted by molar-refractivity contribution is 6.04. The van der Waals surface area contributed by atoms with Crippen molar-refractivity contribution in [1.82, 2.24) is 15.5 Å². The fourth-order valence-electron chi connectivity index (χ4n) is 2.67. The summed E-state index contributed by atoms with van der Waals surface area (Å²) in [4.78, 5) is 12.6. The van der Waals surface area contributed by atoms with E-state index in [4.69, 9.17) is 4.74 Å². The van der Waals surface area contributed by atoms with Crippen LogP contribution in [0.5, 0.6) is 5.75 Å². The van der Waals surface area contributed by atoms with Crippen LogP contribution in [0.2, 0.25) is 0 Å². The smallest absolute Gasteiger partial charge is 0.272 e. The zero-order valence-corrected chi connectivity index (χ0v) is 13.4. The van der Waals surface area contributed by atoms with Crippen LogP contribution in [0.25, 0.3) is 10.9 Å². The van der Waals surface area contributed by atoms with Gasteiger partial charge in [0.1, 0.15) is 5.75 Å². The van der Waals surface area contributed by atoms with Gasteiger partial charge in [0.15, 0.2) is 5.69 Å². The number of fused-ring (bicyclic) bond motifs is 1. The van der Waals surface area contributed by atoms with Crippen LogP contribution in [0.3, 0.4) is 0 Å². The molecule has 0 aliphatic heterocycles. The van der Waals surface area contributed by atoms with E-state index in [1.165, 1.54) is 0 Å². The Balaban J connectivity index is 1.87. The summed E-state index contributed by atoms with van der Waals surface area (Å²) in [5.41, 5.74) is 3.31. The van der Waals surface area contributed by atoms with E-state index in [9.17, 15) is 4.79 Å². The first-order valence-corrected chi connectivity index (χ1v) is 7.48. The van der Waals surface area contributed by atoms with Gasteiger partial charge >= 0.3 is 0 Å². The molecule has 0 aliphatic rings. The summed E-state index contributed by atoms with van der Waals surface area (Å²) in [6, 6.07) is 13.3. The number of aryl methyl sites for hydroxylation is 1. The van der Waals surface area contributed by atoms with Crippen molar-refractivity contribution in [3.05, 3.63) is 59.3 Å². The number of rotatable bonds is 4. The second-order valence-electron chi connectivity index (χ2n) is 5.56. The van der Waals surface area contributed by atoms with E-state index in [0.29, 0.717) is 5.69 Å². The third-order valence-corrected chi connectivity index (χ3v) is 3.88. The Kier molecular flexibility index (Phi) is 4.02. The number of methoxy groups -OCH3 is 1. The third kappa shape index (κ3) is 2.90. The number of para-hydroxylation sites is 1. The maximum atomic E-state index is 12.6. The number of nitrogens with one attached hydrogen (secondary N) is 2. The minimum absolute atomic E-state index is 0.187. The van der Waals surface area contributed by atoms with Crippen LogP contribution in [-0.4, -0.2) is 23.2 Å². The quantitative estimate of drug-likeness (QED) is 0.776. The van der Waals surface area contributed by atoms with E-state index >= 15 is 0 Å². The van der Waals surface area contributed by atoms with Gasteiger partial charge in [-0.25, -0.2) is 0 Å². The SMILES string of the molecule is COc1ccc(C)cc1[C@@H](C)NC(=O)c1n[nH]c2ccccc12. The molecule has 2 aromatic carbocycles. The summed E-state index contributed by atoms with van der Waals surface area (Å²) in [5.74, 6) is 0.550. The second-order valence-corrected chi connectivity index (χ2v) is 5.56. The molecule has 1 atom stereocenters. The monoisotopic (exact) mass is 309 g/mol. The minimum atomic E-state index is -0.210. The van der Waals surface area contributed by atoms with Crippen LogP contribution in [0.1, 0.15) is 34.6 Å². The minimum Gasteiger partial charge on any atom is -0.496 e. The van der Waals surface area contributed by atoms with Gasteiger partial charge in [-0.05, 0) is 26.0 Å². The maximum absolute atomic E-state index is 12.6.